The Bertz CT molecular complexity index is 534. The minimum absolute atomic E-state index is 0.189. The van der Waals surface area contributed by atoms with Gasteiger partial charge >= 0.3 is 5.97 Å². The van der Waals surface area contributed by atoms with Crippen molar-refractivity contribution in [2.45, 2.75) is 51.9 Å². The number of hydrogen-bond donors (Lipinski definition) is 1. The zero-order valence-electron chi connectivity index (χ0n) is 14.4. The molecule has 1 aromatic rings. The van der Waals surface area contributed by atoms with Gasteiger partial charge in [0.15, 0.2) is 0 Å². The van der Waals surface area contributed by atoms with Crippen molar-refractivity contribution in [3.8, 4) is 5.75 Å². The Morgan fingerprint density at radius 3 is 2.62 bits per heavy atom. The molecule has 1 N–H and O–H groups in total. The quantitative estimate of drug-likeness (QED) is 0.466. The van der Waals surface area contributed by atoms with Crippen LogP contribution in [0, 0.1) is 0 Å². The Morgan fingerprint density at radius 1 is 1.12 bits per heavy atom. The molecule has 0 fully saturated rings. The Labute approximate surface area is 148 Å². The van der Waals surface area contributed by atoms with E-state index in [0.29, 0.717) is 29.5 Å². The van der Waals surface area contributed by atoms with Gasteiger partial charge in [-0.2, -0.15) is 0 Å². The lowest BCUT2D eigenvalue weighted by atomic mass is 10.2. The SMILES string of the molecule is CCCCCCOC(=O)CCCC(=O)Nc1cc(Cl)ccc1OC. The molecule has 1 rings (SSSR count). The molecule has 6 heteroatoms. The van der Waals surface area contributed by atoms with Crippen molar-refractivity contribution in [3.63, 3.8) is 0 Å². The second-order valence-electron chi connectivity index (χ2n) is 5.53. The molecule has 1 amide bonds. The highest BCUT2D eigenvalue weighted by molar-refractivity contribution is 6.31. The van der Waals surface area contributed by atoms with Crippen LogP contribution in [0.25, 0.3) is 0 Å². The molecule has 0 spiro atoms. The summed E-state index contributed by atoms with van der Waals surface area (Å²) < 4.78 is 10.3. The highest BCUT2D eigenvalue weighted by Gasteiger charge is 2.10. The van der Waals surface area contributed by atoms with Crippen LogP contribution in [0.3, 0.4) is 0 Å². The van der Waals surface area contributed by atoms with E-state index in [-0.39, 0.29) is 24.7 Å². The van der Waals surface area contributed by atoms with Crippen molar-refractivity contribution in [1.82, 2.24) is 0 Å². The summed E-state index contributed by atoms with van der Waals surface area (Å²) in [6.45, 7) is 2.60. The third-order valence-electron chi connectivity index (χ3n) is 3.48. The number of benzene rings is 1. The normalized spacial score (nSPS) is 10.3. The van der Waals surface area contributed by atoms with E-state index in [2.05, 4.69) is 12.2 Å². The monoisotopic (exact) mass is 355 g/mol. The third kappa shape index (κ3) is 8.20. The zero-order chi connectivity index (χ0) is 17.8. The maximum atomic E-state index is 11.9. The minimum atomic E-state index is -0.250. The molecule has 24 heavy (non-hydrogen) atoms. The number of methoxy groups -OCH3 is 1. The summed E-state index contributed by atoms with van der Waals surface area (Å²) in [6, 6.07) is 5.00. The van der Waals surface area contributed by atoms with Crippen LogP contribution in [0.5, 0.6) is 5.75 Å². The molecule has 0 saturated carbocycles. The first-order chi connectivity index (χ1) is 11.6. The molecule has 5 nitrogen and oxygen atoms in total. The minimum Gasteiger partial charge on any atom is -0.495 e. The predicted octanol–water partition coefficient (Wildman–Crippen LogP) is 4.58. The highest BCUT2D eigenvalue weighted by atomic mass is 35.5. The van der Waals surface area contributed by atoms with Gasteiger partial charge in [-0.1, -0.05) is 37.8 Å². The van der Waals surface area contributed by atoms with Gasteiger partial charge in [-0.3, -0.25) is 9.59 Å². The van der Waals surface area contributed by atoms with Gasteiger partial charge < -0.3 is 14.8 Å². The molecule has 0 bridgehead atoms. The number of halogens is 1. The average molecular weight is 356 g/mol. The van der Waals surface area contributed by atoms with Gasteiger partial charge in [-0.15, -0.1) is 0 Å². The van der Waals surface area contributed by atoms with E-state index in [1.54, 1.807) is 18.2 Å². The number of nitrogens with one attached hydrogen (secondary N) is 1. The predicted molar refractivity (Wildman–Crippen MR) is 95.6 cm³/mol. The van der Waals surface area contributed by atoms with Crippen LogP contribution in [0.2, 0.25) is 5.02 Å². The summed E-state index contributed by atoms with van der Waals surface area (Å²) >= 11 is 5.92. The van der Waals surface area contributed by atoms with Crippen LogP contribution < -0.4 is 10.1 Å². The van der Waals surface area contributed by atoms with Crippen molar-refractivity contribution in [2.75, 3.05) is 19.0 Å². The lowest BCUT2D eigenvalue weighted by molar-refractivity contribution is -0.143. The Balaban J connectivity index is 2.24. The Kier molecular flexibility index (Phi) is 9.92. The Hall–Kier alpha value is -1.75. The second kappa shape index (κ2) is 11.7. The van der Waals surface area contributed by atoms with E-state index in [9.17, 15) is 9.59 Å². The van der Waals surface area contributed by atoms with E-state index in [4.69, 9.17) is 21.1 Å². The first-order valence-electron chi connectivity index (χ1n) is 8.35. The van der Waals surface area contributed by atoms with Gasteiger partial charge in [0, 0.05) is 17.9 Å². The number of amides is 1. The van der Waals surface area contributed by atoms with E-state index in [1.807, 2.05) is 0 Å². The zero-order valence-corrected chi connectivity index (χ0v) is 15.2. The number of carbonyl (C=O) groups is 2. The number of anilines is 1. The van der Waals surface area contributed by atoms with E-state index < -0.39 is 0 Å². The molecular formula is C18H26ClNO4. The highest BCUT2D eigenvalue weighted by Crippen LogP contribution is 2.27. The first kappa shape index (κ1) is 20.3. The van der Waals surface area contributed by atoms with E-state index in [1.165, 1.54) is 7.11 Å². The van der Waals surface area contributed by atoms with Crippen LogP contribution in [-0.2, 0) is 14.3 Å². The first-order valence-corrected chi connectivity index (χ1v) is 8.73. The summed E-state index contributed by atoms with van der Waals surface area (Å²) in [5.41, 5.74) is 0.522. The number of carbonyl (C=O) groups excluding carboxylic acids is 2. The topological polar surface area (TPSA) is 64.6 Å². The lowest BCUT2D eigenvalue weighted by Crippen LogP contribution is -2.13. The average Bonchev–Trinajstić information content (AvgIpc) is 2.55. The van der Waals surface area contributed by atoms with Crippen molar-refractivity contribution in [3.05, 3.63) is 23.2 Å². The van der Waals surface area contributed by atoms with Crippen molar-refractivity contribution >= 4 is 29.2 Å². The molecule has 0 atom stereocenters. The molecule has 0 saturated heterocycles. The summed E-state index contributed by atoms with van der Waals surface area (Å²) in [4.78, 5) is 23.5. The molecular weight excluding hydrogens is 330 g/mol. The van der Waals surface area contributed by atoms with Crippen molar-refractivity contribution < 1.29 is 19.1 Å². The smallest absolute Gasteiger partial charge is 0.305 e. The van der Waals surface area contributed by atoms with Crippen LogP contribution >= 0.6 is 11.6 Å². The number of unbranched alkanes of at least 4 members (excludes halogenated alkanes) is 3. The van der Waals surface area contributed by atoms with Crippen LogP contribution in [0.1, 0.15) is 51.9 Å². The second-order valence-corrected chi connectivity index (χ2v) is 5.96. The molecule has 0 radical (unpaired) electrons. The molecule has 0 aromatic heterocycles. The Morgan fingerprint density at radius 2 is 1.92 bits per heavy atom. The van der Waals surface area contributed by atoms with Gasteiger partial charge in [-0.05, 0) is 31.0 Å². The fraction of sp³-hybridized carbons (Fsp3) is 0.556. The molecule has 0 unspecified atom stereocenters. The van der Waals surface area contributed by atoms with Crippen LogP contribution in [-0.4, -0.2) is 25.6 Å². The third-order valence-corrected chi connectivity index (χ3v) is 3.72. The van der Waals surface area contributed by atoms with Gasteiger partial charge in [0.1, 0.15) is 5.75 Å². The van der Waals surface area contributed by atoms with Crippen LogP contribution in [0.4, 0.5) is 5.69 Å². The lowest BCUT2D eigenvalue weighted by Gasteiger charge is -2.10. The summed E-state index contributed by atoms with van der Waals surface area (Å²) in [5.74, 6) is 0.102. The van der Waals surface area contributed by atoms with E-state index in [0.717, 1.165) is 25.7 Å². The molecule has 0 aliphatic carbocycles. The number of hydrogen-bond acceptors (Lipinski definition) is 4. The summed E-state index contributed by atoms with van der Waals surface area (Å²) in [5, 5.41) is 3.25. The molecule has 0 aliphatic rings. The van der Waals surface area contributed by atoms with E-state index >= 15 is 0 Å². The molecule has 134 valence electrons. The van der Waals surface area contributed by atoms with Gasteiger partial charge in [0.2, 0.25) is 5.91 Å². The van der Waals surface area contributed by atoms with Crippen molar-refractivity contribution in [1.29, 1.82) is 0 Å². The fourth-order valence-electron chi connectivity index (χ4n) is 2.17. The maximum Gasteiger partial charge on any atom is 0.305 e. The summed E-state index contributed by atoms with van der Waals surface area (Å²) in [7, 11) is 1.52. The standard InChI is InChI=1S/C18H26ClNO4/c1-3-4-5-6-12-24-18(22)9-7-8-17(21)20-15-13-14(19)10-11-16(15)23-2/h10-11,13H,3-9,12H2,1-2H3,(H,20,21). The van der Waals surface area contributed by atoms with Gasteiger partial charge in [0.25, 0.3) is 0 Å². The number of rotatable bonds is 11. The molecule has 0 heterocycles. The van der Waals surface area contributed by atoms with Crippen LogP contribution in [0.15, 0.2) is 18.2 Å². The number of esters is 1. The molecule has 1 aromatic carbocycles. The van der Waals surface area contributed by atoms with Crippen molar-refractivity contribution in [2.24, 2.45) is 0 Å². The van der Waals surface area contributed by atoms with Gasteiger partial charge in [0.05, 0.1) is 19.4 Å². The fourth-order valence-corrected chi connectivity index (χ4v) is 2.34. The maximum absolute atomic E-state index is 11.9. The summed E-state index contributed by atoms with van der Waals surface area (Å²) in [6.07, 6.45) is 5.21. The van der Waals surface area contributed by atoms with Gasteiger partial charge in [-0.25, -0.2) is 0 Å². The number of ether oxygens (including phenoxy) is 2. The molecule has 0 aliphatic heterocycles. The largest absolute Gasteiger partial charge is 0.495 e.